The first kappa shape index (κ1) is 28.7. The molecule has 2 heterocycles. The molecule has 0 aliphatic carbocycles. The zero-order valence-electron chi connectivity index (χ0n) is 21.9. The number of rotatable bonds is 10. The summed E-state index contributed by atoms with van der Waals surface area (Å²) in [7, 11) is 3.27. The van der Waals surface area contributed by atoms with Crippen molar-refractivity contribution in [3.8, 4) is 11.5 Å². The maximum absolute atomic E-state index is 10.3. The number of nitrogens with two attached hydrogens (primary N) is 1. The number of para-hydroxylation sites is 1. The van der Waals surface area contributed by atoms with Crippen LogP contribution in [0.15, 0.2) is 46.8 Å². The molecule has 1 aliphatic heterocycles. The Labute approximate surface area is 236 Å². The van der Waals surface area contributed by atoms with Gasteiger partial charge in [-0.05, 0) is 50.1 Å². The lowest BCUT2D eigenvalue weighted by Gasteiger charge is -2.24. The van der Waals surface area contributed by atoms with Gasteiger partial charge in [-0.3, -0.25) is 0 Å². The molecule has 4 N–H and O–H groups in total. The molecule has 8 nitrogen and oxygen atoms in total. The number of benzene rings is 2. The molecule has 3 atom stereocenters. The van der Waals surface area contributed by atoms with Gasteiger partial charge in [-0.2, -0.15) is 0 Å². The molecule has 0 amide bonds. The van der Waals surface area contributed by atoms with Crippen LogP contribution in [-0.2, 0) is 17.6 Å². The number of amidine groups is 1. The largest absolute Gasteiger partial charge is 0.493 e. The molecule has 2 aromatic carbocycles. The highest BCUT2D eigenvalue weighted by molar-refractivity contribution is 8.01. The summed E-state index contributed by atoms with van der Waals surface area (Å²) >= 11 is 9.74. The fraction of sp³-hybridized carbons (Fsp3) is 0.407. The van der Waals surface area contributed by atoms with Crippen LogP contribution in [0.5, 0.6) is 11.5 Å². The van der Waals surface area contributed by atoms with Crippen LogP contribution in [0.4, 0.5) is 5.69 Å². The maximum Gasteiger partial charge on any atom is 0.165 e. The zero-order valence-corrected chi connectivity index (χ0v) is 24.3. The molecule has 0 spiro atoms. The van der Waals surface area contributed by atoms with E-state index < -0.39 is 5.79 Å². The number of hydrogen-bond donors (Lipinski definition) is 3. The Morgan fingerprint density at radius 2 is 2.00 bits per heavy atom. The number of nitrogens with zero attached hydrogens (tertiary/aromatic N) is 2. The average molecular weight is 577 g/mol. The van der Waals surface area contributed by atoms with Gasteiger partial charge in [-0.15, -0.1) is 23.1 Å². The summed E-state index contributed by atoms with van der Waals surface area (Å²) in [5, 5.41) is 13.7. The number of ether oxygens (including phenoxy) is 3. The van der Waals surface area contributed by atoms with Crippen LogP contribution in [0.3, 0.4) is 0 Å². The van der Waals surface area contributed by atoms with E-state index in [2.05, 4.69) is 5.43 Å². The summed E-state index contributed by atoms with van der Waals surface area (Å²) in [4.78, 5) is 9.74. The van der Waals surface area contributed by atoms with Crippen molar-refractivity contribution < 1.29 is 19.3 Å². The van der Waals surface area contributed by atoms with Crippen LogP contribution in [0.25, 0.3) is 0 Å². The van der Waals surface area contributed by atoms with E-state index in [1.54, 1.807) is 44.2 Å². The van der Waals surface area contributed by atoms with Gasteiger partial charge in [-0.1, -0.05) is 23.7 Å². The van der Waals surface area contributed by atoms with Crippen LogP contribution < -0.4 is 20.7 Å². The van der Waals surface area contributed by atoms with E-state index in [1.807, 2.05) is 48.7 Å². The molecule has 204 valence electrons. The summed E-state index contributed by atoms with van der Waals surface area (Å²) in [5.41, 5.74) is 6.45. The van der Waals surface area contributed by atoms with E-state index in [0.717, 1.165) is 27.5 Å². The Hall–Kier alpha value is -2.34. The fourth-order valence-corrected chi connectivity index (χ4v) is 7.09. The predicted octanol–water partition coefficient (Wildman–Crippen LogP) is 5.43. The number of methoxy groups -OCH3 is 2. The Bertz CT molecular complexity index is 1280. The Kier molecular flexibility index (Phi) is 9.56. The van der Waals surface area contributed by atoms with Gasteiger partial charge in [0, 0.05) is 35.4 Å². The molecule has 1 unspecified atom stereocenters. The van der Waals surface area contributed by atoms with Crippen LogP contribution >= 0.6 is 34.7 Å². The van der Waals surface area contributed by atoms with Crippen molar-refractivity contribution in [3.05, 3.63) is 68.6 Å². The predicted molar refractivity (Wildman–Crippen MR) is 155 cm³/mol. The number of nitrogens with one attached hydrogen (secondary N) is 1. The van der Waals surface area contributed by atoms with E-state index in [9.17, 15) is 5.11 Å². The van der Waals surface area contributed by atoms with Crippen molar-refractivity contribution in [2.24, 2.45) is 10.8 Å². The topological polar surface area (TPSA) is 111 Å². The number of aliphatic hydroxyl groups is 1. The molecule has 11 heteroatoms. The number of hydrogen-bond acceptors (Lipinski definition) is 10. The van der Waals surface area contributed by atoms with E-state index in [1.165, 1.54) is 0 Å². The lowest BCUT2D eigenvalue weighted by atomic mass is 10.0. The van der Waals surface area contributed by atoms with Crippen molar-refractivity contribution in [1.29, 1.82) is 0 Å². The normalized spacial score (nSPS) is 18.7. The highest BCUT2D eigenvalue weighted by Gasteiger charge is 2.33. The van der Waals surface area contributed by atoms with E-state index in [4.69, 9.17) is 41.6 Å². The second-order valence-corrected chi connectivity index (χ2v) is 11.7. The lowest BCUT2D eigenvalue weighted by molar-refractivity contribution is -0.190. The summed E-state index contributed by atoms with van der Waals surface area (Å²) in [6.45, 7) is 4.00. The third kappa shape index (κ3) is 6.62. The third-order valence-electron chi connectivity index (χ3n) is 6.24. The summed E-state index contributed by atoms with van der Waals surface area (Å²) in [6, 6.07) is 11.5. The van der Waals surface area contributed by atoms with Crippen molar-refractivity contribution in [3.63, 3.8) is 0 Å². The summed E-state index contributed by atoms with van der Waals surface area (Å²) < 4.78 is 16.8. The van der Waals surface area contributed by atoms with Crippen LogP contribution in [0, 0.1) is 0 Å². The van der Waals surface area contributed by atoms with Crippen molar-refractivity contribution in [1.82, 2.24) is 10.4 Å². The van der Waals surface area contributed by atoms with Gasteiger partial charge in [0.05, 0.1) is 41.1 Å². The van der Waals surface area contributed by atoms with Gasteiger partial charge in [0.25, 0.3) is 0 Å². The first-order valence-corrected chi connectivity index (χ1v) is 14.5. The number of aromatic nitrogens is 1. The lowest BCUT2D eigenvalue weighted by Crippen LogP contribution is -2.38. The minimum atomic E-state index is -1.17. The molecule has 1 aliphatic rings. The Morgan fingerprint density at radius 3 is 2.71 bits per heavy atom. The molecule has 0 saturated carbocycles. The number of hydrazine groups is 1. The van der Waals surface area contributed by atoms with Crippen molar-refractivity contribution in [2.75, 3.05) is 20.8 Å². The number of thioether (sulfide) groups is 1. The zero-order chi connectivity index (χ0) is 27.3. The Morgan fingerprint density at radius 1 is 1.18 bits per heavy atom. The first-order chi connectivity index (χ1) is 18.3. The van der Waals surface area contributed by atoms with Gasteiger partial charge >= 0.3 is 0 Å². The van der Waals surface area contributed by atoms with E-state index >= 15 is 0 Å². The molecular weight excluding hydrogens is 544 g/mol. The van der Waals surface area contributed by atoms with Gasteiger partial charge < -0.3 is 24.7 Å². The van der Waals surface area contributed by atoms with Gasteiger partial charge in [0.2, 0.25) is 0 Å². The van der Waals surface area contributed by atoms with Gasteiger partial charge in [-0.25, -0.2) is 15.8 Å². The Balaban J connectivity index is 1.66. The maximum atomic E-state index is 10.3. The number of fused-ring (bicyclic) bond motifs is 1. The van der Waals surface area contributed by atoms with E-state index in [-0.39, 0.29) is 10.5 Å². The molecule has 38 heavy (non-hydrogen) atoms. The minimum absolute atomic E-state index is 0.127. The van der Waals surface area contributed by atoms with Gasteiger partial charge in [0.15, 0.2) is 17.3 Å². The van der Waals surface area contributed by atoms with Crippen LogP contribution in [0.2, 0.25) is 5.02 Å². The monoisotopic (exact) mass is 576 g/mol. The minimum Gasteiger partial charge on any atom is -0.493 e. The number of aryl methyl sites for hydroxylation is 1. The quantitative estimate of drug-likeness (QED) is 0.166. The van der Waals surface area contributed by atoms with Crippen molar-refractivity contribution >= 4 is 46.2 Å². The average Bonchev–Trinajstić information content (AvgIpc) is 3.30. The molecule has 4 rings (SSSR count). The smallest absolute Gasteiger partial charge is 0.165 e. The molecule has 3 aromatic rings. The second-order valence-electron chi connectivity index (χ2n) is 8.98. The van der Waals surface area contributed by atoms with E-state index in [0.29, 0.717) is 48.2 Å². The molecular formula is C27H33ClN4O4S2. The highest BCUT2D eigenvalue weighted by Crippen LogP contribution is 2.50. The molecule has 0 bridgehead atoms. The van der Waals surface area contributed by atoms with Crippen LogP contribution in [0.1, 0.15) is 47.3 Å². The first-order valence-electron chi connectivity index (χ1n) is 12.3. The summed E-state index contributed by atoms with van der Waals surface area (Å²) in [6.07, 6.45) is 1.70. The molecule has 0 fully saturated rings. The SMILES string of the molecule is CCOC(C)(O)CCc1csc(C[C@H]2S[C@H](c3cccc(OC)c3OC)c3cc(Cl)ccc3N=C2NN)n1. The molecule has 0 radical (unpaired) electrons. The third-order valence-corrected chi connectivity index (χ3v) is 8.90. The molecule has 0 saturated heterocycles. The number of thiazole rings is 1. The van der Waals surface area contributed by atoms with Crippen molar-refractivity contribution in [2.45, 2.75) is 49.4 Å². The highest BCUT2D eigenvalue weighted by atomic mass is 35.5. The fourth-order valence-electron chi connectivity index (χ4n) is 4.43. The van der Waals surface area contributed by atoms with Gasteiger partial charge in [0.1, 0.15) is 5.84 Å². The number of halogens is 1. The summed E-state index contributed by atoms with van der Waals surface area (Å²) in [5.74, 6) is 6.79. The standard InChI is InChI=1S/C27H33ClN4O4S2/c1-5-36-27(2,33)12-11-17-15-37-23(30-17)14-22-26(32-29)31-20-10-9-16(28)13-19(20)25(38-22)18-7-6-8-21(34-3)24(18)35-4/h6-10,13,15,22,25,33H,5,11-12,14,29H2,1-4H3,(H,31,32)/t22-,25-,27?/m1/s1. The van der Waals surface area contributed by atoms with Crippen LogP contribution in [-0.4, -0.2) is 47.8 Å². The molecule has 1 aromatic heterocycles. The second kappa shape index (κ2) is 12.7. The number of aliphatic imine (C=N–C) groups is 1.